The molecule has 1 aliphatic carbocycles. The smallest absolute Gasteiger partial charge is 0.627 e. The third-order valence-electron chi connectivity index (χ3n) is 18.8. The summed E-state index contributed by atoms with van der Waals surface area (Å²) in [6, 6.07) is 14.6. The van der Waals surface area contributed by atoms with E-state index < -0.39 is 14.2 Å². The van der Waals surface area contributed by atoms with Crippen LogP contribution in [-0.4, -0.2) is 60.5 Å². The van der Waals surface area contributed by atoms with Gasteiger partial charge >= 0.3 is 14.2 Å². The summed E-state index contributed by atoms with van der Waals surface area (Å²) in [6.45, 7) is 11.0. The molecule has 0 saturated heterocycles. The Morgan fingerprint density at radius 1 is 0.439 bits per heavy atom. The number of anilines is 1. The summed E-state index contributed by atoms with van der Waals surface area (Å²) in [4.78, 5) is 2.00. The molecule has 0 unspecified atom stereocenters. The van der Waals surface area contributed by atoms with E-state index in [-0.39, 0.29) is 23.1 Å². The Kier molecular flexibility index (Phi) is 39.5. The fraction of sp³-hybridized carbons (Fsp3) is 0.634. The van der Waals surface area contributed by atoms with E-state index in [1.165, 1.54) is 192 Å². The van der Waals surface area contributed by atoms with Crippen LogP contribution in [0.1, 0.15) is 313 Å². The second-order valence-corrected chi connectivity index (χ2v) is 27.8. The van der Waals surface area contributed by atoms with E-state index in [0.29, 0.717) is 73.4 Å². The second kappa shape index (κ2) is 47.9. The number of aromatic nitrogens is 1. The number of pyridine rings is 1. The van der Waals surface area contributed by atoms with E-state index in [4.69, 9.17) is 37.3 Å². The minimum atomic E-state index is -4.78. The predicted molar refractivity (Wildman–Crippen MR) is 401 cm³/mol. The van der Waals surface area contributed by atoms with E-state index in [9.17, 15) is 0 Å². The molecule has 0 bridgehead atoms. The van der Waals surface area contributed by atoms with Gasteiger partial charge in [0.1, 0.15) is 23.0 Å². The molecule has 0 spiro atoms. The molecule has 0 saturated carbocycles. The van der Waals surface area contributed by atoms with Gasteiger partial charge in [-0.25, -0.2) is 0 Å². The van der Waals surface area contributed by atoms with Crippen LogP contribution in [-0.2, 0) is 14.0 Å². The first kappa shape index (κ1) is 80.9. The third-order valence-corrected chi connectivity index (χ3v) is 18.8. The predicted octanol–water partition coefficient (Wildman–Crippen LogP) is 24.8. The van der Waals surface area contributed by atoms with Crippen molar-refractivity contribution in [3.05, 3.63) is 131 Å². The highest BCUT2D eigenvalue weighted by molar-refractivity contribution is 6.54. The molecule has 98 heavy (non-hydrogen) atoms. The van der Waals surface area contributed by atoms with Gasteiger partial charge in [-0.2, -0.15) is 4.57 Å². The Balaban J connectivity index is 1.22. The molecule has 0 amide bonds. The molecular formula is C82H126B2F4N2O8. The quantitative estimate of drug-likeness (QED) is 0.0182. The van der Waals surface area contributed by atoms with E-state index in [1.54, 1.807) is 48.6 Å². The van der Waals surface area contributed by atoms with Crippen molar-refractivity contribution in [2.75, 3.05) is 45.4 Å². The lowest BCUT2D eigenvalue weighted by Crippen LogP contribution is -2.34. The van der Waals surface area contributed by atoms with Gasteiger partial charge in [-0.05, 0) is 87.1 Å². The Labute approximate surface area is 590 Å². The zero-order valence-corrected chi connectivity index (χ0v) is 61.6. The molecule has 3 heterocycles. The molecule has 10 nitrogen and oxygen atoms in total. The maximum Gasteiger partial charge on any atom is 0.995 e. The Hall–Kier alpha value is -6.05. The molecule has 0 N–H and O–H groups in total. The van der Waals surface area contributed by atoms with Crippen LogP contribution in [0.3, 0.4) is 0 Å². The van der Waals surface area contributed by atoms with Crippen molar-refractivity contribution in [3.8, 4) is 23.0 Å². The fourth-order valence-electron chi connectivity index (χ4n) is 13.0. The maximum absolute atomic E-state index is 15.8. The van der Waals surface area contributed by atoms with Gasteiger partial charge in [-0.15, -0.1) is 0 Å². The van der Waals surface area contributed by atoms with E-state index in [1.807, 2.05) is 60.2 Å². The Morgan fingerprint density at radius 3 is 1.20 bits per heavy atom. The topological polar surface area (TPSA) is 83.0 Å². The highest BCUT2D eigenvalue weighted by atomic mass is 19.3. The number of carbonyl (C=O) groups excluding carboxylic acids is 1. The van der Waals surface area contributed by atoms with Crippen molar-refractivity contribution in [2.45, 2.75) is 297 Å². The standard InChI is InChI=1S/C82H126B2F4N2O8/c1-7-11-15-19-23-27-31-35-39-43-57-91-76-61-71(62-77(65-76)92-58-44-40-36-32-28-24-20-16-12-8-2)80-67-74(95-83(85,86)97-80)51-49-69-47-48-70(82(69)90-55-53-73(54-56-90)89(5)6)50-52-75-68-81(98-84(87,88)96-75)72-63-78(93-59-45-41-37-33-29-25-21-17-13-9-3)66-79(64-72)94-60-46-42-38-34-30-26-22-18-14-10-4/h49-56,61-68H,7-48,57-60H2,1-6H3/b51-49+,70-50-,75-52+. The summed E-state index contributed by atoms with van der Waals surface area (Å²) < 4.78 is 112. The minimum Gasteiger partial charge on any atom is -0.627 e. The molecule has 2 aliphatic heterocycles. The number of ketones is 1. The van der Waals surface area contributed by atoms with Crippen molar-refractivity contribution in [3.63, 3.8) is 0 Å². The zero-order valence-electron chi connectivity index (χ0n) is 61.6. The van der Waals surface area contributed by atoms with Gasteiger partial charge in [0.2, 0.25) is 5.70 Å². The van der Waals surface area contributed by atoms with Gasteiger partial charge in [-0.1, -0.05) is 259 Å². The maximum atomic E-state index is 15.8. The highest BCUT2D eigenvalue weighted by Gasteiger charge is 2.53. The first-order valence-electron chi connectivity index (χ1n) is 39.2. The SMILES string of the molecule is CCCCCCCCCCCCOc1cc(OCCCCCCCCCCCC)cc(C2=C/C(=C\C=C3\CCC(/C=C/C4=CC(c5cc(OCCCCCCCCCCCC)cc(OCCCCCCCCCCCC)c5)=[O+][B-](F)(F)O4)=C3[n+]3ccc(N(C)C)cc3)O[B-](F)(F)O2)c1. The zero-order chi connectivity index (χ0) is 69.7. The molecule has 3 aromatic rings. The summed E-state index contributed by atoms with van der Waals surface area (Å²) >= 11 is 0. The number of hydrogen-bond acceptors (Lipinski definition) is 8. The molecule has 1 aromatic heterocycles. The molecule has 0 radical (unpaired) electrons. The lowest BCUT2D eigenvalue weighted by atomic mass is 10.0. The van der Waals surface area contributed by atoms with Gasteiger partial charge in [0, 0.05) is 66.8 Å². The number of rotatable bonds is 55. The molecule has 0 fully saturated rings. The van der Waals surface area contributed by atoms with Crippen LogP contribution in [0.4, 0.5) is 23.0 Å². The number of halogens is 4. The van der Waals surface area contributed by atoms with Crippen LogP contribution in [0.2, 0.25) is 0 Å². The van der Waals surface area contributed by atoms with Crippen molar-refractivity contribution < 1.29 is 59.1 Å². The van der Waals surface area contributed by atoms with Gasteiger partial charge in [-0.3, -0.25) is 0 Å². The van der Waals surface area contributed by atoms with Gasteiger partial charge in [0.05, 0.1) is 55.3 Å². The van der Waals surface area contributed by atoms with Crippen molar-refractivity contribution in [2.24, 2.45) is 0 Å². The van der Waals surface area contributed by atoms with Gasteiger partial charge in [0.25, 0.3) is 5.78 Å². The number of nitrogens with zero attached hydrogens (tertiary/aromatic N) is 2. The van der Waals surface area contributed by atoms with Crippen LogP contribution in [0.15, 0.2) is 120 Å². The average molecular weight is 1370 g/mol. The number of ether oxygens (including phenoxy) is 4. The normalized spacial score (nSPS) is 15.9. The van der Waals surface area contributed by atoms with Crippen LogP contribution >= 0.6 is 0 Å². The number of benzene rings is 2. The molecule has 6 rings (SSSR count). The molecule has 2 aromatic carbocycles. The Bertz CT molecular complexity index is 2850. The monoisotopic (exact) mass is 1360 g/mol. The highest BCUT2D eigenvalue weighted by Crippen LogP contribution is 2.38. The first-order valence-corrected chi connectivity index (χ1v) is 39.2. The minimum absolute atomic E-state index is 0.0606. The number of hydrogen-bond donors (Lipinski definition) is 0. The van der Waals surface area contributed by atoms with E-state index in [2.05, 4.69) is 27.7 Å². The van der Waals surface area contributed by atoms with Crippen LogP contribution in [0, 0.1) is 0 Å². The van der Waals surface area contributed by atoms with Crippen molar-refractivity contribution >= 4 is 37.1 Å². The van der Waals surface area contributed by atoms with Crippen molar-refractivity contribution in [1.29, 1.82) is 0 Å². The van der Waals surface area contributed by atoms with E-state index >= 15 is 17.3 Å². The van der Waals surface area contributed by atoms with Crippen LogP contribution in [0.5, 0.6) is 23.0 Å². The summed E-state index contributed by atoms with van der Waals surface area (Å²) in [7, 11) is -5.63. The molecule has 546 valence electrons. The summed E-state index contributed by atoms with van der Waals surface area (Å²) in [6.07, 6.45) is 62.7. The molecular weight excluding hydrogens is 1240 g/mol. The Morgan fingerprint density at radius 2 is 0.816 bits per heavy atom. The average Bonchev–Trinajstić information content (AvgIpc) is 1.32. The summed E-state index contributed by atoms with van der Waals surface area (Å²) in [5.41, 5.74) is 4.14. The van der Waals surface area contributed by atoms with Crippen LogP contribution < -0.4 is 28.4 Å². The summed E-state index contributed by atoms with van der Waals surface area (Å²) in [5.74, 6) is 1.81. The molecule has 0 atom stereocenters. The lowest BCUT2D eigenvalue weighted by Gasteiger charge is -2.34. The van der Waals surface area contributed by atoms with Crippen molar-refractivity contribution in [1.82, 2.24) is 0 Å². The van der Waals surface area contributed by atoms with Gasteiger partial charge in [0.15, 0.2) is 12.4 Å². The van der Waals surface area contributed by atoms with E-state index in [0.717, 1.165) is 99.6 Å². The fourth-order valence-corrected chi connectivity index (χ4v) is 13.0. The summed E-state index contributed by atoms with van der Waals surface area (Å²) in [5, 5.41) is 0. The second-order valence-electron chi connectivity index (χ2n) is 27.8. The lowest BCUT2D eigenvalue weighted by molar-refractivity contribution is -0.579. The molecule has 3 aliphatic rings. The van der Waals surface area contributed by atoms with Gasteiger partial charge < -0.3 is 59.4 Å². The number of allylic oxidation sites excluding steroid dienone is 9. The number of unbranched alkanes of at least 4 members (excludes halogenated alkanes) is 36. The molecule has 16 heteroatoms. The largest absolute Gasteiger partial charge is 0.995 e. The van der Waals surface area contributed by atoms with Crippen LogP contribution in [0.25, 0.3) is 11.5 Å². The first-order chi connectivity index (χ1) is 47.8. The third kappa shape index (κ3) is 33.0.